The summed E-state index contributed by atoms with van der Waals surface area (Å²) in [6.07, 6.45) is 0. The number of hydrogen-bond donors (Lipinski definition) is 1. The fourth-order valence-corrected chi connectivity index (χ4v) is 2.61. The molecule has 0 aliphatic rings. The minimum absolute atomic E-state index is 0.0217. The molecule has 4 rings (SSSR count). The quantitative estimate of drug-likeness (QED) is 0.577. The van der Waals surface area contributed by atoms with Crippen molar-refractivity contribution in [1.29, 1.82) is 0 Å². The van der Waals surface area contributed by atoms with Crippen LogP contribution in [0.2, 0.25) is 0 Å². The van der Waals surface area contributed by atoms with Crippen molar-refractivity contribution < 1.29 is 8.78 Å². The number of nitrogens with zero attached hydrogens (tertiary/aromatic N) is 1. The van der Waals surface area contributed by atoms with Gasteiger partial charge in [-0.1, -0.05) is 36.4 Å². The highest BCUT2D eigenvalue weighted by Crippen LogP contribution is 2.23. The van der Waals surface area contributed by atoms with Gasteiger partial charge in [-0.05, 0) is 22.9 Å². The molecule has 112 valence electrons. The Morgan fingerprint density at radius 1 is 0.870 bits per heavy atom. The number of H-pyrrole nitrogens is 1. The van der Waals surface area contributed by atoms with Crippen molar-refractivity contribution >= 4 is 21.7 Å². The van der Waals surface area contributed by atoms with E-state index in [4.69, 9.17) is 0 Å². The van der Waals surface area contributed by atoms with Crippen LogP contribution in [0.25, 0.3) is 33.1 Å². The molecule has 1 heterocycles. The van der Waals surface area contributed by atoms with Crippen LogP contribution >= 0.6 is 0 Å². The van der Waals surface area contributed by atoms with Crippen LogP contribution in [0.15, 0.2) is 59.4 Å². The second kappa shape index (κ2) is 4.98. The van der Waals surface area contributed by atoms with Gasteiger partial charge in [0.15, 0.2) is 11.6 Å². The first-order chi connectivity index (χ1) is 11.1. The van der Waals surface area contributed by atoms with E-state index in [9.17, 15) is 13.6 Å². The lowest BCUT2D eigenvalue weighted by Crippen LogP contribution is -2.10. The second-order valence-electron chi connectivity index (χ2n) is 5.26. The molecule has 0 aliphatic carbocycles. The van der Waals surface area contributed by atoms with E-state index in [1.54, 1.807) is 0 Å². The van der Waals surface area contributed by atoms with Crippen LogP contribution in [0.1, 0.15) is 0 Å². The van der Waals surface area contributed by atoms with Gasteiger partial charge in [-0.2, -0.15) is 0 Å². The van der Waals surface area contributed by atoms with E-state index in [2.05, 4.69) is 9.97 Å². The number of nitrogens with one attached hydrogen (secondary N) is 1. The van der Waals surface area contributed by atoms with Crippen molar-refractivity contribution in [3.05, 3.63) is 76.6 Å². The minimum Gasteiger partial charge on any atom is -0.306 e. The molecule has 0 radical (unpaired) electrons. The van der Waals surface area contributed by atoms with E-state index in [1.165, 1.54) is 0 Å². The van der Waals surface area contributed by atoms with Crippen LogP contribution in [0, 0.1) is 11.6 Å². The third-order valence-electron chi connectivity index (χ3n) is 3.77. The van der Waals surface area contributed by atoms with Crippen LogP contribution in [0.5, 0.6) is 0 Å². The number of aromatic amines is 1. The van der Waals surface area contributed by atoms with E-state index in [0.717, 1.165) is 22.9 Å². The standard InChI is InChI=1S/C18H10F2N2O/c19-14-8-13-16(9-15(14)20)21-17(22-18(13)23)12-6-5-10-3-1-2-4-11(10)7-12/h1-9H,(H,21,22,23). The molecule has 5 heteroatoms. The smallest absolute Gasteiger partial charge is 0.259 e. The number of fused-ring (bicyclic) bond motifs is 2. The molecule has 0 fully saturated rings. The first kappa shape index (κ1) is 13.6. The van der Waals surface area contributed by atoms with Gasteiger partial charge in [-0.25, -0.2) is 13.8 Å². The Morgan fingerprint density at radius 2 is 1.61 bits per heavy atom. The maximum absolute atomic E-state index is 13.4. The zero-order valence-electron chi connectivity index (χ0n) is 11.8. The molecule has 0 bridgehead atoms. The van der Waals surface area contributed by atoms with Gasteiger partial charge in [0.25, 0.3) is 5.56 Å². The maximum atomic E-state index is 13.4. The van der Waals surface area contributed by atoms with Crippen molar-refractivity contribution in [2.24, 2.45) is 0 Å². The highest BCUT2D eigenvalue weighted by atomic mass is 19.2. The van der Waals surface area contributed by atoms with Gasteiger partial charge in [0.05, 0.1) is 10.9 Å². The summed E-state index contributed by atoms with van der Waals surface area (Å²) in [6.45, 7) is 0. The van der Waals surface area contributed by atoms with Gasteiger partial charge in [0.2, 0.25) is 0 Å². The number of hydrogen-bond acceptors (Lipinski definition) is 2. The monoisotopic (exact) mass is 308 g/mol. The van der Waals surface area contributed by atoms with Crippen LogP contribution in [0.4, 0.5) is 8.78 Å². The average molecular weight is 308 g/mol. The molecular weight excluding hydrogens is 298 g/mol. The van der Waals surface area contributed by atoms with Crippen molar-refractivity contribution in [1.82, 2.24) is 9.97 Å². The number of benzene rings is 3. The zero-order chi connectivity index (χ0) is 16.0. The predicted molar refractivity (Wildman–Crippen MR) is 85.2 cm³/mol. The summed E-state index contributed by atoms with van der Waals surface area (Å²) in [6, 6.07) is 15.2. The fourth-order valence-electron chi connectivity index (χ4n) is 2.61. The largest absolute Gasteiger partial charge is 0.306 e. The fraction of sp³-hybridized carbons (Fsp3) is 0. The van der Waals surface area contributed by atoms with Gasteiger partial charge >= 0.3 is 0 Å². The summed E-state index contributed by atoms with van der Waals surface area (Å²) in [7, 11) is 0. The summed E-state index contributed by atoms with van der Waals surface area (Å²) in [5.74, 6) is -1.78. The van der Waals surface area contributed by atoms with E-state index >= 15 is 0 Å². The lowest BCUT2D eigenvalue weighted by molar-refractivity contribution is 0.510. The summed E-state index contributed by atoms with van der Waals surface area (Å²) in [5.41, 5.74) is 0.320. The Balaban J connectivity index is 1.97. The Bertz CT molecular complexity index is 1120. The molecule has 3 aromatic carbocycles. The Kier molecular flexibility index (Phi) is 2.94. The lowest BCUT2D eigenvalue weighted by atomic mass is 10.1. The van der Waals surface area contributed by atoms with Gasteiger partial charge in [-0.3, -0.25) is 4.79 Å². The molecule has 0 amide bonds. The predicted octanol–water partition coefficient (Wildman–Crippen LogP) is 4.02. The van der Waals surface area contributed by atoms with E-state index in [1.807, 2.05) is 42.5 Å². The van der Waals surface area contributed by atoms with Crippen LogP contribution in [0.3, 0.4) is 0 Å². The molecule has 3 nitrogen and oxygen atoms in total. The Morgan fingerprint density at radius 3 is 2.43 bits per heavy atom. The van der Waals surface area contributed by atoms with E-state index in [0.29, 0.717) is 11.4 Å². The summed E-state index contributed by atoms with van der Waals surface area (Å²) >= 11 is 0. The molecule has 0 spiro atoms. The first-order valence-electron chi connectivity index (χ1n) is 7.00. The molecule has 4 aromatic rings. The Labute approximate surface area is 129 Å². The number of rotatable bonds is 1. The minimum atomic E-state index is -1.07. The molecular formula is C18H10F2N2O. The molecule has 0 unspecified atom stereocenters. The molecule has 0 saturated heterocycles. The molecule has 0 aliphatic heterocycles. The molecule has 23 heavy (non-hydrogen) atoms. The van der Waals surface area contributed by atoms with Gasteiger partial charge in [-0.15, -0.1) is 0 Å². The molecule has 1 N–H and O–H groups in total. The summed E-state index contributed by atoms with van der Waals surface area (Å²) in [4.78, 5) is 19.0. The van der Waals surface area contributed by atoms with Gasteiger partial charge in [0, 0.05) is 11.6 Å². The number of aromatic nitrogens is 2. The van der Waals surface area contributed by atoms with Crippen LogP contribution < -0.4 is 5.56 Å². The highest BCUT2D eigenvalue weighted by molar-refractivity contribution is 5.87. The SMILES string of the molecule is O=c1[nH]c(-c2ccc3ccccc3c2)nc2cc(F)c(F)cc12. The summed E-state index contributed by atoms with van der Waals surface area (Å²) in [5, 5.41) is 2.08. The Hall–Kier alpha value is -3.08. The van der Waals surface area contributed by atoms with Crippen molar-refractivity contribution in [3.63, 3.8) is 0 Å². The van der Waals surface area contributed by atoms with Crippen molar-refractivity contribution in [2.45, 2.75) is 0 Å². The summed E-state index contributed by atoms with van der Waals surface area (Å²) < 4.78 is 26.7. The second-order valence-corrected chi connectivity index (χ2v) is 5.26. The lowest BCUT2D eigenvalue weighted by Gasteiger charge is -2.05. The average Bonchev–Trinajstić information content (AvgIpc) is 2.56. The van der Waals surface area contributed by atoms with E-state index in [-0.39, 0.29) is 10.9 Å². The molecule has 0 saturated carbocycles. The third-order valence-corrected chi connectivity index (χ3v) is 3.77. The topological polar surface area (TPSA) is 45.8 Å². The van der Waals surface area contributed by atoms with Gasteiger partial charge in [0.1, 0.15) is 5.82 Å². The normalized spacial score (nSPS) is 11.2. The maximum Gasteiger partial charge on any atom is 0.259 e. The number of halogens is 2. The van der Waals surface area contributed by atoms with Crippen molar-refractivity contribution in [3.8, 4) is 11.4 Å². The van der Waals surface area contributed by atoms with Crippen molar-refractivity contribution in [2.75, 3.05) is 0 Å². The third kappa shape index (κ3) is 2.26. The first-order valence-corrected chi connectivity index (χ1v) is 7.00. The molecule has 0 atom stereocenters. The van der Waals surface area contributed by atoms with Crippen LogP contribution in [-0.4, -0.2) is 9.97 Å². The van der Waals surface area contributed by atoms with E-state index < -0.39 is 17.2 Å². The van der Waals surface area contributed by atoms with Crippen LogP contribution in [-0.2, 0) is 0 Å². The molecule has 1 aromatic heterocycles. The zero-order valence-corrected chi connectivity index (χ0v) is 11.8. The van der Waals surface area contributed by atoms with Gasteiger partial charge < -0.3 is 4.98 Å². The highest BCUT2D eigenvalue weighted by Gasteiger charge is 2.11.